The van der Waals surface area contributed by atoms with Gasteiger partial charge >= 0.3 is 0 Å². The lowest BCUT2D eigenvalue weighted by Crippen LogP contribution is -2.05. The molecule has 0 fully saturated rings. The van der Waals surface area contributed by atoms with Crippen molar-refractivity contribution in [3.05, 3.63) is 29.3 Å². The van der Waals surface area contributed by atoms with Crippen molar-refractivity contribution in [2.24, 2.45) is 0 Å². The van der Waals surface area contributed by atoms with E-state index < -0.39 is 0 Å². The molecule has 0 aliphatic heterocycles. The van der Waals surface area contributed by atoms with E-state index in [-0.39, 0.29) is 0 Å². The third kappa shape index (κ3) is 5.92. The summed E-state index contributed by atoms with van der Waals surface area (Å²) in [4.78, 5) is 0. The fourth-order valence-electron chi connectivity index (χ4n) is 1.08. The first-order chi connectivity index (χ1) is 7.33. The molecule has 0 aromatic heterocycles. The highest BCUT2D eigenvalue weighted by atomic mass is 35.5. The summed E-state index contributed by atoms with van der Waals surface area (Å²) < 4.78 is 4.96. The maximum atomic E-state index is 5.78. The average Bonchev–Trinajstić information content (AvgIpc) is 2.26. The SMILES string of the molecule is COCCSCCNc1ccc(Cl)cc1. The van der Waals surface area contributed by atoms with Gasteiger partial charge < -0.3 is 10.1 Å². The van der Waals surface area contributed by atoms with Crippen LogP contribution in [-0.2, 0) is 4.74 Å². The van der Waals surface area contributed by atoms with Crippen LogP contribution in [0.15, 0.2) is 24.3 Å². The topological polar surface area (TPSA) is 21.3 Å². The van der Waals surface area contributed by atoms with Gasteiger partial charge in [-0.15, -0.1) is 0 Å². The Morgan fingerprint density at radius 3 is 2.67 bits per heavy atom. The van der Waals surface area contributed by atoms with Crippen LogP contribution in [0.5, 0.6) is 0 Å². The van der Waals surface area contributed by atoms with E-state index in [1.807, 2.05) is 36.0 Å². The molecule has 0 radical (unpaired) electrons. The molecule has 4 heteroatoms. The number of nitrogens with one attached hydrogen (secondary N) is 1. The zero-order valence-electron chi connectivity index (χ0n) is 8.83. The normalized spacial score (nSPS) is 10.3. The molecule has 0 bridgehead atoms. The number of anilines is 1. The molecule has 1 rings (SSSR count). The molecule has 0 aliphatic carbocycles. The minimum absolute atomic E-state index is 0.773. The van der Waals surface area contributed by atoms with Crippen LogP contribution in [0.25, 0.3) is 0 Å². The van der Waals surface area contributed by atoms with Crippen LogP contribution in [0, 0.1) is 0 Å². The lowest BCUT2D eigenvalue weighted by atomic mass is 10.3. The summed E-state index contributed by atoms with van der Waals surface area (Å²) in [6.45, 7) is 1.79. The maximum absolute atomic E-state index is 5.78. The van der Waals surface area contributed by atoms with Crippen molar-refractivity contribution < 1.29 is 4.74 Å². The summed E-state index contributed by atoms with van der Waals surface area (Å²) in [6.07, 6.45) is 0. The molecule has 0 amide bonds. The highest BCUT2D eigenvalue weighted by molar-refractivity contribution is 7.99. The van der Waals surface area contributed by atoms with Crippen LogP contribution in [0.2, 0.25) is 5.02 Å². The monoisotopic (exact) mass is 245 g/mol. The zero-order chi connectivity index (χ0) is 10.9. The number of benzene rings is 1. The number of hydrogen-bond acceptors (Lipinski definition) is 3. The van der Waals surface area contributed by atoms with Gasteiger partial charge in [-0.05, 0) is 24.3 Å². The minimum atomic E-state index is 0.773. The second-order valence-electron chi connectivity index (χ2n) is 3.04. The van der Waals surface area contributed by atoms with Gasteiger partial charge in [0, 0.05) is 35.9 Å². The van der Waals surface area contributed by atoms with Crippen LogP contribution < -0.4 is 5.32 Å². The average molecular weight is 246 g/mol. The number of methoxy groups -OCH3 is 1. The van der Waals surface area contributed by atoms with E-state index in [2.05, 4.69) is 5.32 Å². The molecule has 0 atom stereocenters. The Kier molecular flexibility index (Phi) is 6.64. The standard InChI is InChI=1S/C11H16ClNOS/c1-14-7-9-15-8-6-13-11-4-2-10(12)3-5-11/h2-5,13H,6-9H2,1H3. The summed E-state index contributed by atoms with van der Waals surface area (Å²) >= 11 is 7.67. The summed E-state index contributed by atoms with van der Waals surface area (Å²) in [7, 11) is 1.73. The summed E-state index contributed by atoms with van der Waals surface area (Å²) in [5, 5.41) is 4.10. The van der Waals surface area contributed by atoms with E-state index in [4.69, 9.17) is 16.3 Å². The number of halogens is 1. The second-order valence-corrected chi connectivity index (χ2v) is 4.70. The third-order valence-electron chi connectivity index (χ3n) is 1.85. The Morgan fingerprint density at radius 1 is 1.27 bits per heavy atom. The van der Waals surface area contributed by atoms with Crippen LogP contribution in [0.4, 0.5) is 5.69 Å². The maximum Gasteiger partial charge on any atom is 0.0552 e. The first-order valence-electron chi connectivity index (χ1n) is 4.89. The molecule has 0 saturated heterocycles. The number of ether oxygens (including phenoxy) is 1. The second kappa shape index (κ2) is 7.85. The van der Waals surface area contributed by atoms with Gasteiger partial charge in [-0.1, -0.05) is 11.6 Å². The molecule has 0 heterocycles. The predicted octanol–water partition coefficient (Wildman–Crippen LogP) is 3.13. The molecular formula is C11H16ClNOS. The Balaban J connectivity index is 2.07. The molecule has 2 nitrogen and oxygen atoms in total. The molecule has 1 aromatic carbocycles. The molecule has 0 aliphatic rings. The largest absolute Gasteiger partial charge is 0.384 e. The van der Waals surface area contributed by atoms with Gasteiger partial charge in [0.05, 0.1) is 6.61 Å². The minimum Gasteiger partial charge on any atom is -0.384 e. The number of rotatable bonds is 7. The molecule has 15 heavy (non-hydrogen) atoms. The Bertz CT molecular complexity index is 266. The third-order valence-corrected chi connectivity index (χ3v) is 3.05. The molecular weight excluding hydrogens is 230 g/mol. The predicted molar refractivity (Wildman–Crippen MR) is 69.1 cm³/mol. The molecule has 0 saturated carbocycles. The van der Waals surface area contributed by atoms with E-state index in [1.165, 1.54) is 0 Å². The van der Waals surface area contributed by atoms with Crippen molar-refractivity contribution in [1.29, 1.82) is 0 Å². The van der Waals surface area contributed by atoms with Crippen molar-refractivity contribution in [2.45, 2.75) is 0 Å². The van der Waals surface area contributed by atoms with Crippen molar-refractivity contribution >= 4 is 29.1 Å². The fraction of sp³-hybridized carbons (Fsp3) is 0.455. The summed E-state index contributed by atoms with van der Waals surface area (Å²) in [5.41, 5.74) is 1.12. The zero-order valence-corrected chi connectivity index (χ0v) is 10.4. The van der Waals surface area contributed by atoms with Crippen LogP contribution in [0.3, 0.4) is 0 Å². The van der Waals surface area contributed by atoms with Gasteiger partial charge in [-0.25, -0.2) is 0 Å². The van der Waals surface area contributed by atoms with Gasteiger partial charge in [0.1, 0.15) is 0 Å². The van der Waals surface area contributed by atoms with E-state index in [1.54, 1.807) is 7.11 Å². The van der Waals surface area contributed by atoms with Crippen LogP contribution in [0.1, 0.15) is 0 Å². The first-order valence-corrected chi connectivity index (χ1v) is 6.42. The van der Waals surface area contributed by atoms with Gasteiger partial charge in [-0.2, -0.15) is 11.8 Å². The Labute approximate surface area is 100 Å². The molecule has 0 spiro atoms. The van der Waals surface area contributed by atoms with Crippen molar-refractivity contribution in [3.8, 4) is 0 Å². The summed E-state index contributed by atoms with van der Waals surface area (Å²) in [6, 6.07) is 7.76. The fourth-order valence-corrected chi connectivity index (χ4v) is 1.94. The van der Waals surface area contributed by atoms with E-state index in [0.717, 1.165) is 35.4 Å². The quantitative estimate of drug-likeness (QED) is 0.746. The van der Waals surface area contributed by atoms with Crippen LogP contribution >= 0.6 is 23.4 Å². The van der Waals surface area contributed by atoms with Gasteiger partial charge in [0.2, 0.25) is 0 Å². The Morgan fingerprint density at radius 2 is 2.00 bits per heavy atom. The van der Waals surface area contributed by atoms with Gasteiger partial charge in [0.15, 0.2) is 0 Å². The van der Waals surface area contributed by atoms with Crippen LogP contribution in [-0.4, -0.2) is 31.8 Å². The molecule has 84 valence electrons. The lowest BCUT2D eigenvalue weighted by molar-refractivity contribution is 0.218. The van der Waals surface area contributed by atoms with Gasteiger partial charge in [-0.3, -0.25) is 0 Å². The summed E-state index contributed by atoms with van der Waals surface area (Å²) in [5.74, 6) is 2.14. The molecule has 1 aromatic rings. The smallest absolute Gasteiger partial charge is 0.0552 e. The Hall–Kier alpha value is -0.380. The van der Waals surface area contributed by atoms with Crippen molar-refractivity contribution in [3.63, 3.8) is 0 Å². The highest BCUT2D eigenvalue weighted by Gasteiger charge is 1.92. The molecule has 1 N–H and O–H groups in total. The molecule has 0 unspecified atom stereocenters. The van der Waals surface area contributed by atoms with E-state index >= 15 is 0 Å². The number of hydrogen-bond donors (Lipinski definition) is 1. The number of thioether (sulfide) groups is 1. The van der Waals surface area contributed by atoms with E-state index in [0.29, 0.717) is 0 Å². The van der Waals surface area contributed by atoms with Crippen molar-refractivity contribution in [1.82, 2.24) is 0 Å². The highest BCUT2D eigenvalue weighted by Crippen LogP contribution is 2.13. The lowest BCUT2D eigenvalue weighted by Gasteiger charge is -2.05. The van der Waals surface area contributed by atoms with Crippen molar-refractivity contribution in [2.75, 3.05) is 37.1 Å². The first kappa shape index (κ1) is 12.7. The van der Waals surface area contributed by atoms with E-state index in [9.17, 15) is 0 Å². The van der Waals surface area contributed by atoms with Gasteiger partial charge in [0.25, 0.3) is 0 Å².